The van der Waals surface area contributed by atoms with Gasteiger partial charge in [0.1, 0.15) is 5.83 Å². The second-order valence-corrected chi connectivity index (χ2v) is 7.96. The quantitative estimate of drug-likeness (QED) is 0.671. The zero-order valence-electron chi connectivity index (χ0n) is 15.6. The number of aromatic nitrogens is 2. The first-order valence-corrected chi connectivity index (χ1v) is 9.90. The van der Waals surface area contributed by atoms with Crippen LogP contribution in [0.15, 0.2) is 61.5 Å². The molecule has 2 aliphatic rings. The van der Waals surface area contributed by atoms with Gasteiger partial charge in [-0.2, -0.15) is 0 Å². The van der Waals surface area contributed by atoms with Crippen LogP contribution in [0.2, 0.25) is 0 Å². The first-order valence-electron chi connectivity index (χ1n) is 9.90. The van der Waals surface area contributed by atoms with Crippen LogP contribution in [0, 0.1) is 11.8 Å². The van der Waals surface area contributed by atoms with Gasteiger partial charge >= 0.3 is 0 Å². The number of hydrogen-bond acceptors (Lipinski definition) is 2. The van der Waals surface area contributed by atoms with Crippen molar-refractivity contribution in [2.24, 2.45) is 11.8 Å². The summed E-state index contributed by atoms with van der Waals surface area (Å²) >= 11 is 0. The molecule has 4 rings (SSSR count). The van der Waals surface area contributed by atoms with Crippen LogP contribution in [0.3, 0.4) is 0 Å². The Balaban J connectivity index is 1.56. The number of allylic oxidation sites excluding steroid dienone is 4. The van der Waals surface area contributed by atoms with Gasteiger partial charge in [0.2, 0.25) is 0 Å². The molecule has 3 nitrogen and oxygen atoms in total. The van der Waals surface area contributed by atoms with E-state index >= 15 is 0 Å². The molecule has 0 radical (unpaired) electrons. The predicted molar refractivity (Wildman–Crippen MR) is 106 cm³/mol. The Morgan fingerprint density at radius 1 is 1.26 bits per heavy atom. The lowest BCUT2D eigenvalue weighted by Gasteiger charge is -2.33. The number of imidazole rings is 1. The summed E-state index contributed by atoms with van der Waals surface area (Å²) < 4.78 is 15.8. The standard InChI is InChI=1S/C23H27FN2O/c1-3-4-19(15(2)24)16-7-9-18(10-8-16)23(27)22-20(17-5-6-17)11-12-26-14-25-13-21(22)26/h3-4,11-14,16-18,23,27H,1-2,5-10H2/b19-4+. The predicted octanol–water partition coefficient (Wildman–Crippen LogP) is 5.65. The van der Waals surface area contributed by atoms with Crippen molar-refractivity contribution in [3.63, 3.8) is 0 Å². The van der Waals surface area contributed by atoms with Crippen LogP contribution >= 0.6 is 0 Å². The molecule has 1 unspecified atom stereocenters. The van der Waals surface area contributed by atoms with Crippen LogP contribution in [-0.2, 0) is 0 Å². The molecule has 2 fully saturated rings. The molecule has 0 aromatic carbocycles. The second kappa shape index (κ2) is 7.43. The summed E-state index contributed by atoms with van der Waals surface area (Å²) in [5.74, 6) is 0.567. The topological polar surface area (TPSA) is 37.5 Å². The molecule has 4 heteroatoms. The Labute approximate surface area is 159 Å². The lowest BCUT2D eigenvalue weighted by atomic mass is 9.74. The zero-order chi connectivity index (χ0) is 19.0. The molecule has 0 bridgehead atoms. The lowest BCUT2D eigenvalue weighted by molar-refractivity contribution is 0.0773. The number of nitrogens with zero attached hydrogens (tertiary/aromatic N) is 2. The summed E-state index contributed by atoms with van der Waals surface area (Å²) in [4.78, 5) is 4.27. The molecule has 1 N–H and O–H groups in total. The summed E-state index contributed by atoms with van der Waals surface area (Å²) in [6.45, 7) is 7.16. The van der Waals surface area contributed by atoms with Crippen molar-refractivity contribution in [2.45, 2.75) is 50.5 Å². The van der Waals surface area contributed by atoms with Gasteiger partial charge in [-0.3, -0.25) is 0 Å². The van der Waals surface area contributed by atoms with Gasteiger partial charge in [0, 0.05) is 11.8 Å². The van der Waals surface area contributed by atoms with Crippen LogP contribution in [-0.4, -0.2) is 14.5 Å². The molecule has 0 saturated heterocycles. The molecule has 142 valence electrons. The van der Waals surface area contributed by atoms with E-state index in [0.717, 1.165) is 36.8 Å². The first-order chi connectivity index (χ1) is 13.1. The van der Waals surface area contributed by atoms with Gasteiger partial charge in [0.05, 0.1) is 24.1 Å². The third-order valence-corrected chi connectivity index (χ3v) is 6.25. The van der Waals surface area contributed by atoms with Crippen molar-refractivity contribution in [3.8, 4) is 0 Å². The van der Waals surface area contributed by atoms with Crippen LogP contribution in [0.25, 0.3) is 5.52 Å². The number of fused-ring (bicyclic) bond motifs is 1. The molecule has 2 saturated carbocycles. The molecule has 27 heavy (non-hydrogen) atoms. The minimum absolute atomic E-state index is 0.164. The summed E-state index contributed by atoms with van der Waals surface area (Å²) in [5.41, 5.74) is 4.01. The fraction of sp³-hybridized carbons (Fsp3) is 0.435. The van der Waals surface area contributed by atoms with E-state index < -0.39 is 6.10 Å². The summed E-state index contributed by atoms with van der Waals surface area (Å²) in [6.07, 6.45) is 14.5. The lowest BCUT2D eigenvalue weighted by Crippen LogP contribution is -2.22. The van der Waals surface area contributed by atoms with Crippen molar-refractivity contribution in [3.05, 3.63) is 72.6 Å². The van der Waals surface area contributed by atoms with Gasteiger partial charge in [-0.05, 0) is 73.5 Å². The smallest absolute Gasteiger partial charge is 0.119 e. The van der Waals surface area contributed by atoms with Crippen LogP contribution in [0.5, 0.6) is 0 Å². The Hall–Kier alpha value is -2.20. The average Bonchev–Trinajstić information content (AvgIpc) is 3.41. The van der Waals surface area contributed by atoms with E-state index in [9.17, 15) is 9.50 Å². The summed E-state index contributed by atoms with van der Waals surface area (Å²) in [6, 6.07) is 2.15. The van der Waals surface area contributed by atoms with E-state index in [-0.39, 0.29) is 17.7 Å². The number of aliphatic hydroxyl groups excluding tert-OH is 1. The Bertz CT molecular complexity index is 885. The minimum Gasteiger partial charge on any atom is -0.388 e. The molecule has 1 atom stereocenters. The van der Waals surface area contributed by atoms with E-state index in [1.807, 2.05) is 16.8 Å². The van der Waals surface area contributed by atoms with Crippen LogP contribution in [0.4, 0.5) is 4.39 Å². The fourth-order valence-corrected chi connectivity index (χ4v) is 4.66. The molecular weight excluding hydrogens is 339 g/mol. The number of rotatable bonds is 6. The van der Waals surface area contributed by atoms with Gasteiger partial charge < -0.3 is 9.51 Å². The van der Waals surface area contributed by atoms with E-state index in [1.165, 1.54) is 18.4 Å². The minimum atomic E-state index is -0.498. The van der Waals surface area contributed by atoms with Crippen LogP contribution in [0.1, 0.15) is 61.7 Å². The molecule has 2 heterocycles. The van der Waals surface area contributed by atoms with Crippen molar-refractivity contribution in [1.29, 1.82) is 0 Å². The zero-order valence-corrected chi connectivity index (χ0v) is 15.6. The van der Waals surface area contributed by atoms with Crippen LogP contribution < -0.4 is 0 Å². The Kier molecular flexibility index (Phi) is 5.00. The molecule has 2 aromatic rings. The highest BCUT2D eigenvalue weighted by atomic mass is 19.1. The monoisotopic (exact) mass is 366 g/mol. The van der Waals surface area contributed by atoms with E-state index in [1.54, 1.807) is 18.5 Å². The van der Waals surface area contributed by atoms with Crippen molar-refractivity contribution < 1.29 is 9.50 Å². The van der Waals surface area contributed by atoms with E-state index in [0.29, 0.717) is 11.5 Å². The van der Waals surface area contributed by atoms with Gasteiger partial charge in [-0.1, -0.05) is 25.3 Å². The Morgan fingerprint density at radius 2 is 2.00 bits per heavy atom. The van der Waals surface area contributed by atoms with E-state index in [4.69, 9.17) is 0 Å². The fourth-order valence-electron chi connectivity index (χ4n) is 4.66. The molecule has 0 spiro atoms. The molecule has 0 aliphatic heterocycles. The van der Waals surface area contributed by atoms with Gasteiger partial charge in [0.25, 0.3) is 0 Å². The highest BCUT2D eigenvalue weighted by Crippen LogP contribution is 2.47. The molecule has 2 aliphatic carbocycles. The maximum atomic E-state index is 13.8. The van der Waals surface area contributed by atoms with Gasteiger partial charge in [-0.25, -0.2) is 9.37 Å². The molecule has 2 aromatic heterocycles. The maximum absolute atomic E-state index is 13.8. The van der Waals surface area contributed by atoms with Crippen molar-refractivity contribution >= 4 is 5.52 Å². The first kappa shape index (κ1) is 18.2. The molecular formula is C23H27FN2O. The van der Waals surface area contributed by atoms with Crippen molar-refractivity contribution in [1.82, 2.24) is 9.38 Å². The van der Waals surface area contributed by atoms with E-state index in [2.05, 4.69) is 24.2 Å². The Morgan fingerprint density at radius 3 is 2.63 bits per heavy atom. The third-order valence-electron chi connectivity index (χ3n) is 6.25. The number of halogens is 1. The number of pyridine rings is 1. The van der Waals surface area contributed by atoms with Crippen molar-refractivity contribution in [2.75, 3.05) is 0 Å². The summed E-state index contributed by atoms with van der Waals surface area (Å²) in [7, 11) is 0. The second-order valence-electron chi connectivity index (χ2n) is 7.96. The third kappa shape index (κ3) is 3.51. The van der Waals surface area contributed by atoms with Gasteiger partial charge in [0.15, 0.2) is 0 Å². The summed E-state index contributed by atoms with van der Waals surface area (Å²) in [5, 5.41) is 11.3. The normalized spacial score (nSPS) is 24.7. The number of aliphatic hydroxyl groups is 1. The maximum Gasteiger partial charge on any atom is 0.119 e. The largest absolute Gasteiger partial charge is 0.388 e. The highest BCUT2D eigenvalue weighted by molar-refractivity contribution is 5.59. The van der Waals surface area contributed by atoms with Gasteiger partial charge in [-0.15, -0.1) is 0 Å². The number of hydrogen-bond donors (Lipinski definition) is 1. The average molecular weight is 366 g/mol. The highest BCUT2D eigenvalue weighted by Gasteiger charge is 2.34. The SMILES string of the molecule is C=C/C=C(\C(=C)F)C1CCC(C(O)c2c(C3CC3)ccn3cncc23)CC1. The molecule has 0 amide bonds.